The highest BCUT2D eigenvalue weighted by Crippen LogP contribution is 2.23. The number of hydrogen-bond acceptors (Lipinski definition) is 4. The van der Waals surface area contributed by atoms with Gasteiger partial charge in [-0.25, -0.2) is 4.98 Å². The van der Waals surface area contributed by atoms with E-state index in [9.17, 15) is 0 Å². The maximum absolute atomic E-state index is 5.54. The normalized spacial score (nSPS) is 10.3. The van der Waals surface area contributed by atoms with Gasteiger partial charge in [0, 0.05) is 11.1 Å². The molecule has 0 bridgehead atoms. The zero-order chi connectivity index (χ0) is 12.8. The summed E-state index contributed by atoms with van der Waals surface area (Å²) in [6.07, 6.45) is 2.85. The minimum absolute atomic E-state index is 0.652. The van der Waals surface area contributed by atoms with Gasteiger partial charge in [-0.3, -0.25) is 0 Å². The summed E-state index contributed by atoms with van der Waals surface area (Å²) in [5.74, 6) is 1.63. The van der Waals surface area contributed by atoms with Gasteiger partial charge in [0.15, 0.2) is 11.6 Å². The van der Waals surface area contributed by atoms with Gasteiger partial charge >= 0.3 is 0 Å². The molecule has 0 aromatic carbocycles. The highest BCUT2D eigenvalue weighted by Gasteiger charge is 2.06. The fourth-order valence-electron chi connectivity index (χ4n) is 1.80. The van der Waals surface area contributed by atoms with Crippen LogP contribution in [0.4, 0.5) is 5.82 Å². The van der Waals surface area contributed by atoms with E-state index in [1.165, 1.54) is 10.4 Å². The molecule has 2 rings (SSSR count). The van der Waals surface area contributed by atoms with Gasteiger partial charge in [0.2, 0.25) is 0 Å². The Morgan fingerprint density at radius 1 is 1.33 bits per heavy atom. The molecule has 0 aliphatic rings. The molecule has 3 nitrogen and oxygen atoms in total. The number of nitrogens with one attached hydrogen (secondary N) is 1. The molecular formula is C14H18N2OS. The fraction of sp³-hybridized carbons (Fsp3) is 0.357. The van der Waals surface area contributed by atoms with E-state index in [1.54, 1.807) is 17.5 Å². The topological polar surface area (TPSA) is 34.1 Å². The second kappa shape index (κ2) is 6.40. The monoisotopic (exact) mass is 262 g/mol. The molecule has 0 spiro atoms. The molecule has 0 radical (unpaired) electrons. The van der Waals surface area contributed by atoms with Crippen LogP contribution in [0.3, 0.4) is 0 Å². The van der Waals surface area contributed by atoms with Crippen LogP contribution in [0.5, 0.6) is 5.75 Å². The first-order valence-electron chi connectivity index (χ1n) is 6.22. The van der Waals surface area contributed by atoms with Crippen LogP contribution in [-0.2, 0) is 13.0 Å². The van der Waals surface area contributed by atoms with E-state index >= 15 is 0 Å². The number of rotatable bonds is 6. The number of anilines is 1. The van der Waals surface area contributed by atoms with E-state index in [4.69, 9.17) is 4.74 Å². The summed E-state index contributed by atoms with van der Waals surface area (Å²) < 4.78 is 5.54. The van der Waals surface area contributed by atoms with E-state index < -0.39 is 0 Å². The average Bonchev–Trinajstić information content (AvgIpc) is 2.85. The lowest BCUT2D eigenvalue weighted by molar-refractivity contribution is 0.340. The van der Waals surface area contributed by atoms with Gasteiger partial charge in [-0.2, -0.15) is 0 Å². The van der Waals surface area contributed by atoms with Gasteiger partial charge in [0.25, 0.3) is 0 Å². The smallest absolute Gasteiger partial charge is 0.169 e. The Labute approximate surface area is 112 Å². The van der Waals surface area contributed by atoms with Crippen LogP contribution in [0, 0.1) is 0 Å². The molecular weight excluding hydrogens is 244 g/mol. The molecule has 2 heterocycles. The van der Waals surface area contributed by atoms with Crippen molar-refractivity contribution >= 4 is 17.2 Å². The Morgan fingerprint density at radius 2 is 2.22 bits per heavy atom. The summed E-state index contributed by atoms with van der Waals surface area (Å²) in [5.41, 5.74) is 1.40. The number of thiophene rings is 1. The standard InChI is InChI=1S/C14H18N2OS/c1-3-11-7-9-18-13(11)10-16-14-12(17-4-2)6-5-8-15-14/h5-9H,3-4,10H2,1-2H3,(H,15,16). The van der Waals surface area contributed by atoms with Crippen molar-refractivity contribution in [2.45, 2.75) is 26.8 Å². The SMILES string of the molecule is CCOc1cccnc1NCc1sccc1CC. The number of pyridine rings is 1. The van der Waals surface area contributed by atoms with Gasteiger partial charge in [-0.05, 0) is 42.5 Å². The molecule has 0 fully saturated rings. The highest BCUT2D eigenvalue weighted by molar-refractivity contribution is 7.10. The molecule has 4 heteroatoms. The third-order valence-electron chi connectivity index (χ3n) is 2.71. The van der Waals surface area contributed by atoms with E-state index in [2.05, 4.69) is 28.7 Å². The quantitative estimate of drug-likeness (QED) is 0.861. The van der Waals surface area contributed by atoms with Crippen molar-refractivity contribution in [2.75, 3.05) is 11.9 Å². The Balaban J connectivity index is 2.06. The molecule has 0 aliphatic carbocycles. The second-order valence-corrected chi connectivity index (χ2v) is 4.86. The summed E-state index contributed by atoms with van der Waals surface area (Å²) in [6, 6.07) is 6.01. The van der Waals surface area contributed by atoms with Crippen molar-refractivity contribution in [1.29, 1.82) is 0 Å². The second-order valence-electron chi connectivity index (χ2n) is 3.86. The molecule has 0 amide bonds. The van der Waals surface area contributed by atoms with Crippen LogP contribution in [0.1, 0.15) is 24.3 Å². The molecule has 1 N–H and O–H groups in total. The van der Waals surface area contributed by atoms with Gasteiger partial charge in [0.1, 0.15) is 0 Å². The minimum atomic E-state index is 0.652. The Morgan fingerprint density at radius 3 is 3.00 bits per heavy atom. The summed E-state index contributed by atoms with van der Waals surface area (Å²) in [6.45, 7) is 5.61. The van der Waals surface area contributed by atoms with Crippen LogP contribution >= 0.6 is 11.3 Å². The van der Waals surface area contributed by atoms with Gasteiger partial charge in [-0.1, -0.05) is 6.92 Å². The van der Waals surface area contributed by atoms with Crippen LogP contribution in [0.15, 0.2) is 29.8 Å². The Hall–Kier alpha value is -1.55. The summed E-state index contributed by atoms with van der Waals surface area (Å²) in [4.78, 5) is 5.69. The van der Waals surface area contributed by atoms with Crippen molar-refractivity contribution in [1.82, 2.24) is 4.98 Å². The lowest BCUT2D eigenvalue weighted by Crippen LogP contribution is -2.04. The van der Waals surface area contributed by atoms with Crippen molar-refractivity contribution in [3.8, 4) is 5.75 Å². The largest absolute Gasteiger partial charge is 0.490 e. The maximum atomic E-state index is 5.54. The molecule has 0 atom stereocenters. The number of nitrogens with zero attached hydrogens (tertiary/aromatic N) is 1. The molecule has 0 unspecified atom stereocenters. The van der Waals surface area contributed by atoms with Gasteiger partial charge in [-0.15, -0.1) is 11.3 Å². The zero-order valence-corrected chi connectivity index (χ0v) is 11.6. The van der Waals surface area contributed by atoms with E-state index in [1.807, 2.05) is 19.1 Å². The predicted molar refractivity (Wildman–Crippen MR) is 76.4 cm³/mol. The third-order valence-corrected chi connectivity index (χ3v) is 3.67. The van der Waals surface area contributed by atoms with Crippen LogP contribution in [-0.4, -0.2) is 11.6 Å². The first-order valence-corrected chi connectivity index (χ1v) is 7.10. The molecule has 0 saturated carbocycles. The fourth-order valence-corrected chi connectivity index (χ4v) is 2.71. The molecule has 2 aromatic heterocycles. The highest BCUT2D eigenvalue weighted by atomic mass is 32.1. The minimum Gasteiger partial charge on any atom is -0.490 e. The Kier molecular flexibility index (Phi) is 4.59. The molecule has 18 heavy (non-hydrogen) atoms. The predicted octanol–water partition coefficient (Wildman–Crippen LogP) is 3.72. The molecule has 96 valence electrons. The average molecular weight is 262 g/mol. The van der Waals surface area contributed by atoms with E-state index in [-0.39, 0.29) is 0 Å². The Bertz CT molecular complexity index is 496. The van der Waals surface area contributed by atoms with Crippen molar-refractivity contribution in [3.63, 3.8) is 0 Å². The maximum Gasteiger partial charge on any atom is 0.169 e. The van der Waals surface area contributed by atoms with Crippen molar-refractivity contribution in [2.24, 2.45) is 0 Å². The molecule has 0 saturated heterocycles. The molecule has 2 aromatic rings. The van der Waals surface area contributed by atoms with E-state index in [0.717, 1.165) is 24.5 Å². The summed E-state index contributed by atoms with van der Waals surface area (Å²) in [7, 11) is 0. The molecule has 0 aliphatic heterocycles. The number of aromatic nitrogens is 1. The zero-order valence-electron chi connectivity index (χ0n) is 10.8. The summed E-state index contributed by atoms with van der Waals surface area (Å²) >= 11 is 1.78. The number of hydrogen-bond donors (Lipinski definition) is 1. The van der Waals surface area contributed by atoms with Crippen molar-refractivity contribution in [3.05, 3.63) is 40.2 Å². The lowest BCUT2D eigenvalue weighted by atomic mass is 10.2. The van der Waals surface area contributed by atoms with Gasteiger partial charge < -0.3 is 10.1 Å². The number of aryl methyl sites for hydroxylation is 1. The van der Waals surface area contributed by atoms with Crippen LogP contribution in [0.2, 0.25) is 0 Å². The first-order chi connectivity index (χ1) is 8.85. The number of ether oxygens (including phenoxy) is 1. The van der Waals surface area contributed by atoms with Crippen LogP contribution in [0.25, 0.3) is 0 Å². The van der Waals surface area contributed by atoms with E-state index in [0.29, 0.717) is 6.61 Å². The first kappa shape index (κ1) is 12.9. The van der Waals surface area contributed by atoms with Crippen LogP contribution < -0.4 is 10.1 Å². The lowest BCUT2D eigenvalue weighted by Gasteiger charge is -2.10. The summed E-state index contributed by atoms with van der Waals surface area (Å²) in [5, 5.41) is 5.49. The van der Waals surface area contributed by atoms with Gasteiger partial charge in [0.05, 0.1) is 13.2 Å². The van der Waals surface area contributed by atoms with Crippen molar-refractivity contribution < 1.29 is 4.74 Å². The third kappa shape index (κ3) is 3.01.